The molecule has 1 rings (SSSR count). The summed E-state index contributed by atoms with van der Waals surface area (Å²) in [5, 5.41) is 8.94. The molecule has 21 heavy (non-hydrogen) atoms. The van der Waals surface area contributed by atoms with Crippen LogP contribution in [0.4, 0.5) is 0 Å². The Kier molecular flexibility index (Phi) is 6.96. The lowest BCUT2D eigenvalue weighted by atomic mass is 9.99. The van der Waals surface area contributed by atoms with E-state index in [4.69, 9.17) is 15.6 Å². The molecule has 1 aromatic rings. The first-order valence-corrected chi connectivity index (χ1v) is 7.41. The number of carboxylic acids is 1. The number of para-hydroxylation sites is 1. The van der Waals surface area contributed by atoms with Gasteiger partial charge in [-0.05, 0) is 18.1 Å². The van der Waals surface area contributed by atoms with Crippen molar-refractivity contribution in [2.75, 3.05) is 0 Å². The average molecular weight is 291 g/mol. The molecule has 1 aromatic carbocycles. The summed E-state index contributed by atoms with van der Waals surface area (Å²) in [5.41, 5.74) is 6.79. The Morgan fingerprint density at radius 1 is 1.38 bits per heavy atom. The molecule has 0 aliphatic heterocycles. The first-order valence-electron chi connectivity index (χ1n) is 7.41. The summed E-state index contributed by atoms with van der Waals surface area (Å²) in [6.45, 7) is 6.20. The van der Waals surface area contributed by atoms with Gasteiger partial charge < -0.3 is 15.6 Å². The van der Waals surface area contributed by atoms with E-state index < -0.39 is 5.97 Å². The largest absolute Gasteiger partial charge is 0.481 e. The number of allylic oxidation sites excluding steroid dienone is 1. The molecule has 2 atom stereocenters. The minimum Gasteiger partial charge on any atom is -0.481 e. The average Bonchev–Trinajstić information content (AvgIpc) is 2.46. The van der Waals surface area contributed by atoms with Crippen LogP contribution in [0.2, 0.25) is 0 Å². The third-order valence-electron chi connectivity index (χ3n) is 3.58. The van der Waals surface area contributed by atoms with E-state index in [0.29, 0.717) is 23.7 Å². The molecule has 0 aromatic heterocycles. The second-order valence-corrected chi connectivity index (χ2v) is 5.23. The standard InChI is InChI=1S/C17H25NO3/c1-4-12(3)15(18)11-14(5-2)21-16-9-7-6-8-13(16)10-17(19)20/h6-9,11-12,15H,4-5,10,18H2,1-3H3,(H,19,20)/b14-11+/t12-,15?/m0/s1. The monoisotopic (exact) mass is 291 g/mol. The lowest BCUT2D eigenvalue weighted by Gasteiger charge is -2.17. The van der Waals surface area contributed by atoms with Crippen molar-refractivity contribution >= 4 is 5.97 Å². The topological polar surface area (TPSA) is 72.5 Å². The molecule has 116 valence electrons. The molecule has 0 bridgehead atoms. The van der Waals surface area contributed by atoms with E-state index in [1.807, 2.05) is 25.1 Å². The zero-order chi connectivity index (χ0) is 15.8. The van der Waals surface area contributed by atoms with Crippen LogP contribution in [-0.4, -0.2) is 17.1 Å². The van der Waals surface area contributed by atoms with Gasteiger partial charge in [0, 0.05) is 18.0 Å². The molecule has 1 unspecified atom stereocenters. The normalized spacial score (nSPS) is 14.6. The van der Waals surface area contributed by atoms with E-state index in [2.05, 4.69) is 13.8 Å². The van der Waals surface area contributed by atoms with Crippen molar-refractivity contribution in [3.8, 4) is 5.75 Å². The highest BCUT2D eigenvalue weighted by Crippen LogP contribution is 2.22. The molecule has 3 N–H and O–H groups in total. The molecule has 0 heterocycles. The summed E-state index contributed by atoms with van der Waals surface area (Å²) in [6, 6.07) is 7.15. The Bertz CT molecular complexity index is 497. The SMILES string of the molecule is CC/C(=C\C(N)[C@@H](C)CC)Oc1ccccc1CC(=O)O. The summed E-state index contributed by atoms with van der Waals surface area (Å²) in [6.07, 6.45) is 3.60. The molecule has 4 nitrogen and oxygen atoms in total. The molecule has 4 heteroatoms. The van der Waals surface area contributed by atoms with E-state index in [1.54, 1.807) is 12.1 Å². The summed E-state index contributed by atoms with van der Waals surface area (Å²) in [7, 11) is 0. The number of carbonyl (C=O) groups is 1. The minimum absolute atomic E-state index is 0.0510. The summed E-state index contributed by atoms with van der Waals surface area (Å²) < 4.78 is 5.88. The number of rotatable bonds is 8. The summed E-state index contributed by atoms with van der Waals surface area (Å²) in [5.74, 6) is 0.874. The number of hydrogen-bond donors (Lipinski definition) is 2. The van der Waals surface area contributed by atoms with Gasteiger partial charge in [0.25, 0.3) is 0 Å². The van der Waals surface area contributed by atoms with Gasteiger partial charge in [-0.3, -0.25) is 4.79 Å². The van der Waals surface area contributed by atoms with Gasteiger partial charge in [0.2, 0.25) is 0 Å². The number of ether oxygens (including phenoxy) is 1. The number of aliphatic carboxylic acids is 1. The maximum absolute atomic E-state index is 10.9. The number of nitrogens with two attached hydrogens (primary N) is 1. The highest BCUT2D eigenvalue weighted by Gasteiger charge is 2.12. The maximum Gasteiger partial charge on any atom is 0.307 e. The van der Waals surface area contributed by atoms with Gasteiger partial charge in [-0.15, -0.1) is 0 Å². The van der Waals surface area contributed by atoms with E-state index in [0.717, 1.165) is 12.2 Å². The molecule has 0 amide bonds. The van der Waals surface area contributed by atoms with Crippen molar-refractivity contribution in [1.82, 2.24) is 0 Å². The van der Waals surface area contributed by atoms with Crippen LogP contribution in [0.15, 0.2) is 36.1 Å². The van der Waals surface area contributed by atoms with E-state index >= 15 is 0 Å². The van der Waals surface area contributed by atoms with Crippen LogP contribution >= 0.6 is 0 Å². The van der Waals surface area contributed by atoms with Crippen molar-refractivity contribution < 1.29 is 14.6 Å². The Balaban J connectivity index is 2.91. The quantitative estimate of drug-likeness (QED) is 0.720. The molecule has 0 saturated heterocycles. The zero-order valence-electron chi connectivity index (χ0n) is 13.0. The molecule has 0 spiro atoms. The fraction of sp³-hybridized carbons (Fsp3) is 0.471. The number of benzene rings is 1. The van der Waals surface area contributed by atoms with Crippen LogP contribution in [0, 0.1) is 5.92 Å². The summed E-state index contributed by atoms with van der Waals surface area (Å²) >= 11 is 0. The van der Waals surface area contributed by atoms with Crippen molar-refractivity contribution in [1.29, 1.82) is 0 Å². The van der Waals surface area contributed by atoms with Crippen LogP contribution in [0.1, 0.15) is 39.2 Å². The van der Waals surface area contributed by atoms with Gasteiger partial charge in [0.05, 0.1) is 6.42 Å². The van der Waals surface area contributed by atoms with Crippen molar-refractivity contribution in [3.05, 3.63) is 41.7 Å². The Morgan fingerprint density at radius 3 is 2.62 bits per heavy atom. The van der Waals surface area contributed by atoms with Gasteiger partial charge in [0.1, 0.15) is 11.5 Å². The van der Waals surface area contributed by atoms with Crippen LogP contribution in [0.5, 0.6) is 5.75 Å². The highest BCUT2D eigenvalue weighted by atomic mass is 16.5. The zero-order valence-corrected chi connectivity index (χ0v) is 13.0. The molecule has 0 aliphatic carbocycles. The fourth-order valence-corrected chi connectivity index (χ4v) is 1.93. The van der Waals surface area contributed by atoms with Gasteiger partial charge in [0.15, 0.2) is 0 Å². The molecule has 0 saturated carbocycles. The smallest absolute Gasteiger partial charge is 0.307 e. The first kappa shape index (κ1) is 17.2. The van der Waals surface area contributed by atoms with Crippen molar-refractivity contribution in [2.24, 2.45) is 11.7 Å². The second-order valence-electron chi connectivity index (χ2n) is 5.23. The minimum atomic E-state index is -0.871. The fourth-order valence-electron chi connectivity index (χ4n) is 1.93. The Morgan fingerprint density at radius 2 is 2.05 bits per heavy atom. The third kappa shape index (κ3) is 5.60. The second kappa shape index (κ2) is 8.47. The van der Waals surface area contributed by atoms with Crippen LogP contribution in [0.25, 0.3) is 0 Å². The first-order chi connectivity index (χ1) is 9.97. The Hall–Kier alpha value is -1.81. The van der Waals surface area contributed by atoms with Gasteiger partial charge in [-0.2, -0.15) is 0 Å². The van der Waals surface area contributed by atoms with Crippen molar-refractivity contribution in [3.63, 3.8) is 0 Å². The van der Waals surface area contributed by atoms with Gasteiger partial charge in [-0.25, -0.2) is 0 Å². The van der Waals surface area contributed by atoms with Crippen LogP contribution in [0.3, 0.4) is 0 Å². The lowest BCUT2D eigenvalue weighted by molar-refractivity contribution is -0.136. The van der Waals surface area contributed by atoms with Crippen LogP contribution in [-0.2, 0) is 11.2 Å². The van der Waals surface area contributed by atoms with E-state index in [-0.39, 0.29) is 12.5 Å². The number of hydrogen-bond acceptors (Lipinski definition) is 3. The van der Waals surface area contributed by atoms with Crippen LogP contribution < -0.4 is 10.5 Å². The van der Waals surface area contributed by atoms with Gasteiger partial charge >= 0.3 is 5.97 Å². The number of carboxylic acid groups (broad SMARTS) is 1. The van der Waals surface area contributed by atoms with E-state index in [9.17, 15) is 4.79 Å². The predicted octanol–water partition coefficient (Wildman–Crippen LogP) is 3.36. The third-order valence-corrected chi connectivity index (χ3v) is 3.58. The van der Waals surface area contributed by atoms with E-state index in [1.165, 1.54) is 0 Å². The summed E-state index contributed by atoms with van der Waals surface area (Å²) in [4.78, 5) is 10.9. The molecular formula is C17H25NO3. The Labute approximate surface area is 126 Å². The lowest BCUT2D eigenvalue weighted by Crippen LogP contribution is -2.26. The molecule has 0 radical (unpaired) electrons. The maximum atomic E-state index is 10.9. The van der Waals surface area contributed by atoms with Crippen molar-refractivity contribution in [2.45, 2.75) is 46.1 Å². The molecule has 0 fully saturated rings. The van der Waals surface area contributed by atoms with Gasteiger partial charge in [-0.1, -0.05) is 45.4 Å². The predicted molar refractivity (Wildman–Crippen MR) is 84.2 cm³/mol. The molecular weight excluding hydrogens is 266 g/mol. The molecule has 0 aliphatic rings. The highest BCUT2D eigenvalue weighted by molar-refractivity contribution is 5.71.